The monoisotopic (exact) mass is 414 g/mol. The molecule has 1 aromatic carbocycles. The van der Waals surface area contributed by atoms with Crippen LogP contribution in [-0.4, -0.2) is 20.6 Å². The molecule has 0 spiro atoms. The van der Waals surface area contributed by atoms with Gasteiger partial charge in [0.05, 0.1) is 12.1 Å². The van der Waals surface area contributed by atoms with E-state index in [1.807, 2.05) is 12.1 Å². The molecule has 0 aliphatic carbocycles. The Morgan fingerprint density at radius 3 is 2.57 bits per heavy atom. The molecule has 110 valence electrons. The van der Waals surface area contributed by atoms with E-state index in [0.717, 1.165) is 4.47 Å². The lowest BCUT2D eigenvalue weighted by Gasteiger charge is -2.15. The minimum atomic E-state index is -0.955. The van der Waals surface area contributed by atoms with E-state index in [2.05, 4.69) is 36.8 Å². The van der Waals surface area contributed by atoms with Gasteiger partial charge < -0.3 is 5.11 Å². The van der Waals surface area contributed by atoms with Crippen LogP contribution in [0, 0.1) is 13.8 Å². The number of hydrogen-bond donors (Lipinski definition) is 1. The standard InChI is InChI=1S/C14H12Br2N2O3/c1-7-10(6-13(19)20)8(2)18(14(21)17-7)12-4-3-9(15)5-11(12)16/h3-5H,6H2,1-2H3,(H,19,20). The number of aryl methyl sites for hydroxylation is 1. The maximum absolute atomic E-state index is 12.2. The molecule has 0 saturated heterocycles. The van der Waals surface area contributed by atoms with Crippen molar-refractivity contribution in [3.8, 4) is 5.69 Å². The normalized spacial score (nSPS) is 10.7. The van der Waals surface area contributed by atoms with Gasteiger partial charge in [0, 0.05) is 25.9 Å². The molecule has 0 atom stereocenters. The van der Waals surface area contributed by atoms with Crippen molar-refractivity contribution >= 4 is 37.8 Å². The van der Waals surface area contributed by atoms with E-state index in [1.54, 1.807) is 19.9 Å². The van der Waals surface area contributed by atoms with Gasteiger partial charge in [-0.05, 0) is 48.0 Å². The molecule has 0 amide bonds. The predicted octanol–water partition coefficient (Wildman–Crippen LogP) is 3.00. The van der Waals surface area contributed by atoms with Gasteiger partial charge in [-0.15, -0.1) is 0 Å². The summed E-state index contributed by atoms with van der Waals surface area (Å²) in [6.07, 6.45) is -0.168. The molecule has 0 aliphatic heterocycles. The predicted molar refractivity (Wildman–Crippen MR) is 86.0 cm³/mol. The van der Waals surface area contributed by atoms with Gasteiger partial charge in [0.25, 0.3) is 0 Å². The fourth-order valence-electron chi connectivity index (χ4n) is 2.15. The third kappa shape index (κ3) is 3.24. The van der Waals surface area contributed by atoms with Crippen LogP contribution in [0.3, 0.4) is 0 Å². The van der Waals surface area contributed by atoms with Gasteiger partial charge in [-0.1, -0.05) is 15.9 Å². The van der Waals surface area contributed by atoms with Crippen molar-refractivity contribution < 1.29 is 9.90 Å². The van der Waals surface area contributed by atoms with E-state index in [4.69, 9.17) is 5.11 Å². The Bertz CT molecular complexity index is 785. The number of carboxylic acids is 1. The van der Waals surface area contributed by atoms with Crippen molar-refractivity contribution in [2.45, 2.75) is 20.3 Å². The maximum atomic E-state index is 12.2. The zero-order valence-corrected chi connectivity index (χ0v) is 14.5. The largest absolute Gasteiger partial charge is 0.481 e. The Kier molecular flexibility index (Phi) is 4.63. The molecule has 0 aliphatic rings. The number of carbonyl (C=O) groups is 1. The molecule has 0 bridgehead atoms. The summed E-state index contributed by atoms with van der Waals surface area (Å²) in [7, 11) is 0. The second-order valence-corrected chi connectivity index (χ2v) is 6.32. The van der Waals surface area contributed by atoms with Crippen LogP contribution in [-0.2, 0) is 11.2 Å². The summed E-state index contributed by atoms with van der Waals surface area (Å²) in [6.45, 7) is 3.37. The van der Waals surface area contributed by atoms with Crippen LogP contribution < -0.4 is 5.69 Å². The first-order chi connectivity index (χ1) is 9.81. The minimum Gasteiger partial charge on any atom is -0.481 e. The summed E-state index contributed by atoms with van der Waals surface area (Å²) >= 11 is 6.77. The lowest BCUT2D eigenvalue weighted by atomic mass is 10.1. The summed E-state index contributed by atoms with van der Waals surface area (Å²) in [5.74, 6) is -0.955. The minimum absolute atomic E-state index is 0.168. The van der Waals surface area contributed by atoms with Gasteiger partial charge >= 0.3 is 11.7 Å². The molecular weight excluding hydrogens is 404 g/mol. The summed E-state index contributed by atoms with van der Waals surface area (Å²) < 4.78 is 3.01. The van der Waals surface area contributed by atoms with Gasteiger partial charge in [0.1, 0.15) is 0 Å². The summed E-state index contributed by atoms with van der Waals surface area (Å²) in [5.41, 5.74) is 1.78. The van der Waals surface area contributed by atoms with E-state index >= 15 is 0 Å². The van der Waals surface area contributed by atoms with Crippen LogP contribution in [0.25, 0.3) is 5.69 Å². The van der Waals surface area contributed by atoms with Crippen LogP contribution in [0.15, 0.2) is 31.9 Å². The summed E-state index contributed by atoms with van der Waals surface area (Å²) in [5, 5.41) is 9.01. The Morgan fingerprint density at radius 2 is 2.00 bits per heavy atom. The molecule has 0 unspecified atom stereocenters. The smallest absolute Gasteiger partial charge is 0.352 e. The van der Waals surface area contributed by atoms with Crippen molar-refractivity contribution in [2.75, 3.05) is 0 Å². The second-order valence-electron chi connectivity index (χ2n) is 4.55. The SMILES string of the molecule is Cc1nc(=O)n(-c2ccc(Br)cc2Br)c(C)c1CC(=O)O. The van der Waals surface area contributed by atoms with Crippen molar-refractivity contribution in [1.82, 2.24) is 9.55 Å². The van der Waals surface area contributed by atoms with Crippen LogP contribution in [0.5, 0.6) is 0 Å². The molecule has 1 aromatic heterocycles. The number of carboxylic acid groups (broad SMARTS) is 1. The molecule has 7 heteroatoms. The Labute approximate surface area is 137 Å². The van der Waals surface area contributed by atoms with E-state index in [1.165, 1.54) is 4.57 Å². The Balaban J connectivity index is 2.74. The highest BCUT2D eigenvalue weighted by Gasteiger charge is 2.16. The number of benzene rings is 1. The third-order valence-corrected chi connectivity index (χ3v) is 4.27. The molecule has 2 rings (SSSR count). The maximum Gasteiger partial charge on any atom is 0.352 e. The van der Waals surface area contributed by atoms with Gasteiger partial charge in [-0.3, -0.25) is 9.36 Å². The molecular formula is C14H12Br2N2O3. The van der Waals surface area contributed by atoms with Crippen LogP contribution in [0.1, 0.15) is 17.0 Å². The van der Waals surface area contributed by atoms with Crippen molar-refractivity contribution in [1.29, 1.82) is 0 Å². The first kappa shape index (κ1) is 15.9. The van der Waals surface area contributed by atoms with Crippen LogP contribution >= 0.6 is 31.9 Å². The molecule has 1 N–H and O–H groups in total. The Morgan fingerprint density at radius 1 is 1.33 bits per heavy atom. The number of hydrogen-bond acceptors (Lipinski definition) is 3. The third-order valence-electron chi connectivity index (χ3n) is 3.14. The van der Waals surface area contributed by atoms with Gasteiger partial charge in [-0.25, -0.2) is 4.79 Å². The van der Waals surface area contributed by atoms with Gasteiger partial charge in [0.15, 0.2) is 0 Å². The van der Waals surface area contributed by atoms with Gasteiger partial charge in [-0.2, -0.15) is 4.98 Å². The molecule has 0 fully saturated rings. The lowest BCUT2D eigenvalue weighted by molar-refractivity contribution is -0.136. The highest BCUT2D eigenvalue weighted by molar-refractivity contribution is 9.11. The molecule has 2 aromatic rings. The molecule has 0 saturated carbocycles. The average Bonchev–Trinajstić information content (AvgIpc) is 2.36. The first-order valence-corrected chi connectivity index (χ1v) is 7.66. The van der Waals surface area contributed by atoms with Gasteiger partial charge in [0.2, 0.25) is 0 Å². The van der Waals surface area contributed by atoms with E-state index in [9.17, 15) is 9.59 Å². The zero-order valence-electron chi connectivity index (χ0n) is 11.4. The quantitative estimate of drug-likeness (QED) is 0.836. The fraction of sp³-hybridized carbons (Fsp3) is 0.214. The van der Waals surface area contributed by atoms with Crippen LogP contribution in [0.2, 0.25) is 0 Å². The number of aliphatic carboxylic acids is 1. The van der Waals surface area contributed by atoms with E-state index in [-0.39, 0.29) is 6.42 Å². The average molecular weight is 416 g/mol. The van der Waals surface area contributed by atoms with Crippen molar-refractivity contribution in [2.24, 2.45) is 0 Å². The zero-order chi connectivity index (χ0) is 15.7. The second kappa shape index (κ2) is 6.11. The topological polar surface area (TPSA) is 72.2 Å². The highest BCUT2D eigenvalue weighted by Crippen LogP contribution is 2.26. The fourth-order valence-corrected chi connectivity index (χ4v) is 3.38. The lowest BCUT2D eigenvalue weighted by Crippen LogP contribution is -2.27. The Hall–Kier alpha value is -1.47. The number of rotatable bonds is 3. The van der Waals surface area contributed by atoms with Crippen molar-refractivity contribution in [3.05, 3.63) is 54.6 Å². The number of aromatic nitrogens is 2. The number of halogens is 2. The van der Waals surface area contributed by atoms with E-state index in [0.29, 0.717) is 27.1 Å². The summed E-state index contributed by atoms with van der Waals surface area (Å²) in [6, 6.07) is 5.39. The van der Waals surface area contributed by atoms with E-state index < -0.39 is 11.7 Å². The molecule has 1 heterocycles. The summed E-state index contributed by atoms with van der Waals surface area (Å²) in [4.78, 5) is 27.1. The molecule has 21 heavy (non-hydrogen) atoms. The van der Waals surface area contributed by atoms with Crippen molar-refractivity contribution in [3.63, 3.8) is 0 Å². The first-order valence-electron chi connectivity index (χ1n) is 6.07. The van der Waals surface area contributed by atoms with Crippen LogP contribution in [0.4, 0.5) is 0 Å². The molecule has 5 nitrogen and oxygen atoms in total. The highest BCUT2D eigenvalue weighted by atomic mass is 79.9. The molecule has 0 radical (unpaired) electrons. The number of nitrogens with zero attached hydrogens (tertiary/aromatic N) is 2.